The van der Waals surface area contributed by atoms with Crippen LogP contribution < -0.4 is 16.0 Å². The highest BCUT2D eigenvalue weighted by Crippen LogP contribution is 2.40. The number of hydrogen-bond acceptors (Lipinski definition) is 4. The summed E-state index contributed by atoms with van der Waals surface area (Å²) in [5.74, 6) is 8.13. The number of benzene rings is 1. The Kier molecular flexibility index (Phi) is 3.77. The first-order valence-corrected chi connectivity index (χ1v) is 7.77. The maximum atomic E-state index is 5.89. The SMILES string of the molecule is NNC(c1cccc2c1OCCC2)C1CCCS1. The van der Waals surface area contributed by atoms with Gasteiger partial charge in [-0.15, -0.1) is 0 Å². The first-order chi connectivity index (χ1) is 8.90. The summed E-state index contributed by atoms with van der Waals surface area (Å²) in [5, 5.41) is 0.576. The fraction of sp³-hybridized carbons (Fsp3) is 0.571. The number of aryl methyl sites for hydroxylation is 1. The average molecular weight is 264 g/mol. The average Bonchev–Trinajstić information content (AvgIpc) is 2.94. The predicted molar refractivity (Wildman–Crippen MR) is 75.8 cm³/mol. The fourth-order valence-electron chi connectivity index (χ4n) is 2.92. The highest BCUT2D eigenvalue weighted by molar-refractivity contribution is 8.00. The van der Waals surface area contributed by atoms with Crippen LogP contribution in [0.5, 0.6) is 5.75 Å². The molecule has 1 fully saturated rings. The molecule has 4 heteroatoms. The zero-order valence-corrected chi connectivity index (χ0v) is 11.3. The largest absolute Gasteiger partial charge is 0.493 e. The zero-order valence-electron chi connectivity index (χ0n) is 10.5. The van der Waals surface area contributed by atoms with E-state index in [1.807, 2.05) is 11.8 Å². The van der Waals surface area contributed by atoms with Crippen LogP contribution in [-0.4, -0.2) is 17.6 Å². The summed E-state index contributed by atoms with van der Waals surface area (Å²) in [4.78, 5) is 0. The summed E-state index contributed by atoms with van der Waals surface area (Å²) in [6, 6.07) is 6.68. The Morgan fingerprint density at radius 3 is 3.11 bits per heavy atom. The van der Waals surface area contributed by atoms with Crippen molar-refractivity contribution in [3.05, 3.63) is 29.3 Å². The Labute approximate surface area is 112 Å². The third kappa shape index (κ3) is 2.25. The lowest BCUT2D eigenvalue weighted by molar-refractivity contribution is 0.281. The molecule has 2 unspecified atom stereocenters. The number of thioether (sulfide) groups is 1. The molecule has 2 atom stereocenters. The van der Waals surface area contributed by atoms with E-state index in [0.29, 0.717) is 5.25 Å². The van der Waals surface area contributed by atoms with Gasteiger partial charge in [0.15, 0.2) is 0 Å². The number of para-hydroxylation sites is 1. The molecule has 0 aliphatic carbocycles. The highest BCUT2D eigenvalue weighted by atomic mass is 32.2. The first-order valence-electron chi connectivity index (χ1n) is 6.72. The van der Waals surface area contributed by atoms with Crippen LogP contribution in [0, 0.1) is 0 Å². The van der Waals surface area contributed by atoms with E-state index in [9.17, 15) is 0 Å². The van der Waals surface area contributed by atoms with Crippen molar-refractivity contribution in [2.24, 2.45) is 5.84 Å². The minimum atomic E-state index is 0.213. The van der Waals surface area contributed by atoms with Gasteiger partial charge in [-0.2, -0.15) is 11.8 Å². The number of fused-ring (bicyclic) bond motifs is 1. The molecule has 2 aliphatic rings. The lowest BCUT2D eigenvalue weighted by Crippen LogP contribution is -2.35. The van der Waals surface area contributed by atoms with Crippen LogP contribution in [0.3, 0.4) is 0 Å². The maximum Gasteiger partial charge on any atom is 0.127 e. The van der Waals surface area contributed by atoms with Crippen LogP contribution in [-0.2, 0) is 6.42 Å². The molecule has 2 aliphatic heterocycles. The topological polar surface area (TPSA) is 47.3 Å². The standard InChI is InChI=1S/C14H20N2OS/c15-16-13(12-7-3-9-18-12)11-6-1-4-10-5-2-8-17-14(10)11/h1,4,6,12-13,16H,2-3,5,7-9,15H2. The molecule has 3 nitrogen and oxygen atoms in total. The smallest absolute Gasteiger partial charge is 0.127 e. The molecule has 18 heavy (non-hydrogen) atoms. The Bertz CT molecular complexity index is 418. The summed E-state index contributed by atoms with van der Waals surface area (Å²) in [7, 11) is 0. The summed E-state index contributed by atoms with van der Waals surface area (Å²) < 4.78 is 5.89. The third-order valence-electron chi connectivity index (χ3n) is 3.82. The maximum absolute atomic E-state index is 5.89. The van der Waals surface area contributed by atoms with Crippen LogP contribution in [0.2, 0.25) is 0 Å². The van der Waals surface area contributed by atoms with Crippen LogP contribution in [0.15, 0.2) is 18.2 Å². The second-order valence-electron chi connectivity index (χ2n) is 4.98. The number of rotatable bonds is 3. The molecular weight excluding hydrogens is 244 g/mol. The van der Waals surface area contributed by atoms with Gasteiger partial charge in [-0.25, -0.2) is 0 Å². The fourth-order valence-corrected chi connectivity index (χ4v) is 4.31. The van der Waals surface area contributed by atoms with Crippen LogP contribution >= 0.6 is 11.8 Å². The lowest BCUT2D eigenvalue weighted by Gasteiger charge is -2.27. The molecule has 98 valence electrons. The summed E-state index contributed by atoms with van der Waals surface area (Å²) in [6.07, 6.45) is 4.78. The molecular formula is C14H20N2OS. The molecule has 0 amide bonds. The molecule has 1 saturated heterocycles. The number of nitrogens with two attached hydrogens (primary N) is 1. The van der Waals surface area contributed by atoms with Crippen LogP contribution in [0.1, 0.15) is 36.4 Å². The molecule has 0 bridgehead atoms. The van der Waals surface area contributed by atoms with E-state index in [2.05, 4.69) is 23.6 Å². The van der Waals surface area contributed by atoms with Gasteiger partial charge in [-0.3, -0.25) is 11.3 Å². The van der Waals surface area contributed by atoms with Gasteiger partial charge in [-0.1, -0.05) is 18.2 Å². The van der Waals surface area contributed by atoms with Crippen molar-refractivity contribution in [1.29, 1.82) is 0 Å². The van der Waals surface area contributed by atoms with Crippen LogP contribution in [0.25, 0.3) is 0 Å². The highest BCUT2D eigenvalue weighted by Gasteiger charge is 2.29. The first kappa shape index (κ1) is 12.3. The van der Waals surface area contributed by atoms with Crippen molar-refractivity contribution in [3.8, 4) is 5.75 Å². The molecule has 0 aromatic heterocycles. The van der Waals surface area contributed by atoms with Crippen molar-refractivity contribution in [1.82, 2.24) is 5.43 Å². The summed E-state index contributed by atoms with van der Waals surface area (Å²) in [6.45, 7) is 0.832. The van der Waals surface area contributed by atoms with Crippen molar-refractivity contribution in [2.45, 2.75) is 37.0 Å². The molecule has 2 heterocycles. The quantitative estimate of drug-likeness (QED) is 0.650. The van der Waals surface area contributed by atoms with E-state index in [4.69, 9.17) is 10.6 Å². The summed E-state index contributed by atoms with van der Waals surface area (Å²) >= 11 is 2.02. The van der Waals surface area contributed by atoms with E-state index in [0.717, 1.165) is 25.2 Å². The Morgan fingerprint density at radius 2 is 2.33 bits per heavy atom. The molecule has 1 aromatic carbocycles. The van der Waals surface area contributed by atoms with Gasteiger partial charge in [0.25, 0.3) is 0 Å². The Morgan fingerprint density at radius 1 is 1.39 bits per heavy atom. The second-order valence-corrected chi connectivity index (χ2v) is 6.33. The molecule has 0 spiro atoms. The van der Waals surface area contributed by atoms with E-state index >= 15 is 0 Å². The van der Waals surface area contributed by atoms with E-state index in [1.165, 1.54) is 29.7 Å². The van der Waals surface area contributed by atoms with Crippen molar-refractivity contribution in [3.63, 3.8) is 0 Å². The number of hydrogen-bond donors (Lipinski definition) is 2. The molecule has 3 rings (SSSR count). The zero-order chi connectivity index (χ0) is 12.4. The van der Waals surface area contributed by atoms with Crippen LogP contribution in [0.4, 0.5) is 0 Å². The normalized spacial score (nSPS) is 24.4. The minimum Gasteiger partial charge on any atom is -0.493 e. The van der Waals surface area contributed by atoms with E-state index in [1.54, 1.807) is 0 Å². The molecule has 3 N–H and O–H groups in total. The number of hydrazine groups is 1. The van der Waals surface area contributed by atoms with Gasteiger partial charge in [0.2, 0.25) is 0 Å². The third-order valence-corrected chi connectivity index (χ3v) is 5.28. The van der Waals surface area contributed by atoms with Gasteiger partial charge < -0.3 is 4.74 Å². The minimum absolute atomic E-state index is 0.213. The molecule has 0 saturated carbocycles. The number of ether oxygens (including phenoxy) is 1. The second kappa shape index (κ2) is 5.51. The monoisotopic (exact) mass is 264 g/mol. The van der Waals surface area contributed by atoms with Crippen molar-refractivity contribution < 1.29 is 4.74 Å². The van der Waals surface area contributed by atoms with Gasteiger partial charge in [0.05, 0.1) is 12.6 Å². The predicted octanol–water partition coefficient (Wildman–Crippen LogP) is 2.41. The molecule has 0 radical (unpaired) electrons. The van der Waals surface area contributed by atoms with E-state index in [-0.39, 0.29) is 6.04 Å². The van der Waals surface area contributed by atoms with Gasteiger partial charge in [0, 0.05) is 10.8 Å². The van der Waals surface area contributed by atoms with Crippen molar-refractivity contribution in [2.75, 3.05) is 12.4 Å². The van der Waals surface area contributed by atoms with E-state index < -0.39 is 0 Å². The summed E-state index contributed by atoms with van der Waals surface area (Å²) in [5.41, 5.74) is 5.59. The van der Waals surface area contributed by atoms with Crippen molar-refractivity contribution >= 4 is 11.8 Å². The van der Waals surface area contributed by atoms with Gasteiger partial charge in [0.1, 0.15) is 5.75 Å². The van der Waals surface area contributed by atoms with Gasteiger partial charge in [-0.05, 0) is 37.0 Å². The lowest BCUT2D eigenvalue weighted by atomic mass is 9.95. The van der Waals surface area contributed by atoms with Gasteiger partial charge >= 0.3 is 0 Å². The molecule has 1 aromatic rings. The Hall–Kier alpha value is -0.710. The number of nitrogens with one attached hydrogen (secondary N) is 1. The Balaban J connectivity index is 1.93.